The van der Waals surface area contributed by atoms with Crippen molar-refractivity contribution in [2.24, 2.45) is 0 Å². The molecular weight excluding hydrogens is 344 g/mol. The Morgan fingerprint density at radius 2 is 2.04 bits per heavy atom. The minimum absolute atomic E-state index is 0.192. The van der Waals surface area contributed by atoms with Gasteiger partial charge in [-0.25, -0.2) is 4.68 Å². The molecule has 0 fully saturated rings. The van der Waals surface area contributed by atoms with Gasteiger partial charge >= 0.3 is 0 Å². The first kappa shape index (κ1) is 16.9. The Hall–Kier alpha value is -3.55. The molecule has 1 unspecified atom stereocenters. The number of hydrogen-bond acceptors (Lipinski definition) is 6. The van der Waals surface area contributed by atoms with E-state index < -0.39 is 6.04 Å². The fraction of sp³-hybridized carbons (Fsp3) is 0.211. The number of benzene rings is 2. The van der Waals surface area contributed by atoms with E-state index in [1.165, 1.54) is 0 Å². The van der Waals surface area contributed by atoms with Gasteiger partial charge in [0.1, 0.15) is 11.6 Å². The van der Waals surface area contributed by atoms with Crippen LogP contribution in [0.3, 0.4) is 0 Å². The van der Waals surface area contributed by atoms with Crippen LogP contribution in [0, 0.1) is 0 Å². The lowest BCUT2D eigenvalue weighted by Gasteiger charge is -2.09. The summed E-state index contributed by atoms with van der Waals surface area (Å²) in [5, 5.41) is 15.1. The number of carbonyl (C=O) groups is 1. The monoisotopic (exact) mass is 362 g/mol. The van der Waals surface area contributed by atoms with Crippen LogP contribution in [0.25, 0.3) is 22.4 Å². The van der Waals surface area contributed by atoms with Gasteiger partial charge in [0, 0.05) is 17.7 Å². The molecule has 1 N–H and O–H groups in total. The van der Waals surface area contributed by atoms with E-state index >= 15 is 0 Å². The zero-order valence-corrected chi connectivity index (χ0v) is 15.0. The fourth-order valence-electron chi connectivity index (χ4n) is 2.80. The van der Waals surface area contributed by atoms with Crippen LogP contribution in [-0.4, -0.2) is 31.0 Å². The number of rotatable bonds is 5. The van der Waals surface area contributed by atoms with E-state index in [9.17, 15) is 4.79 Å². The van der Waals surface area contributed by atoms with Crippen LogP contribution in [0.4, 0.5) is 0 Å². The smallest absolute Gasteiger partial charge is 0.251 e. The van der Waals surface area contributed by atoms with Gasteiger partial charge in [-0.1, -0.05) is 28.6 Å². The highest BCUT2D eigenvalue weighted by molar-refractivity contribution is 5.94. The van der Waals surface area contributed by atoms with Crippen LogP contribution in [0.15, 0.2) is 53.1 Å². The highest BCUT2D eigenvalue weighted by Crippen LogP contribution is 2.23. The van der Waals surface area contributed by atoms with E-state index in [-0.39, 0.29) is 5.91 Å². The number of nitrogens with one attached hydrogen (secondary N) is 1. The normalized spacial score (nSPS) is 12.2. The fourth-order valence-corrected chi connectivity index (χ4v) is 2.80. The molecule has 0 saturated carbocycles. The van der Waals surface area contributed by atoms with Gasteiger partial charge in [-0.2, -0.15) is 4.98 Å². The van der Waals surface area contributed by atoms with Crippen molar-refractivity contribution in [3.05, 3.63) is 60.0 Å². The van der Waals surface area contributed by atoms with E-state index in [4.69, 9.17) is 4.52 Å². The van der Waals surface area contributed by atoms with Gasteiger partial charge in [0.2, 0.25) is 11.7 Å². The minimum Gasteiger partial charge on any atom is -0.341 e. The molecule has 2 aromatic carbocycles. The van der Waals surface area contributed by atoms with Gasteiger partial charge in [0.05, 0.1) is 5.52 Å². The second kappa shape index (κ2) is 6.99. The molecule has 27 heavy (non-hydrogen) atoms. The molecule has 1 amide bonds. The Labute approximate surface area is 155 Å². The van der Waals surface area contributed by atoms with Crippen LogP contribution in [0.5, 0.6) is 0 Å². The Morgan fingerprint density at radius 1 is 1.22 bits per heavy atom. The van der Waals surface area contributed by atoms with Gasteiger partial charge in [0.25, 0.3) is 5.91 Å². The minimum atomic E-state index is -0.412. The molecule has 0 radical (unpaired) electrons. The molecule has 0 aliphatic rings. The number of aryl methyl sites for hydroxylation is 1. The number of amides is 1. The Balaban J connectivity index is 1.55. The second-order valence-electron chi connectivity index (χ2n) is 6.13. The van der Waals surface area contributed by atoms with Crippen molar-refractivity contribution in [3.63, 3.8) is 0 Å². The van der Waals surface area contributed by atoms with E-state index in [1.54, 1.807) is 19.1 Å². The van der Waals surface area contributed by atoms with E-state index in [1.807, 2.05) is 48.0 Å². The molecule has 1 atom stereocenters. The number of hydrogen-bond donors (Lipinski definition) is 1. The third-order valence-electron chi connectivity index (χ3n) is 4.27. The van der Waals surface area contributed by atoms with Crippen molar-refractivity contribution >= 4 is 16.9 Å². The Bertz CT molecular complexity index is 1090. The van der Waals surface area contributed by atoms with Gasteiger partial charge < -0.3 is 9.84 Å². The number of nitrogens with zero attached hydrogens (tertiary/aromatic N) is 5. The second-order valence-corrected chi connectivity index (χ2v) is 6.13. The molecule has 0 aliphatic carbocycles. The molecule has 0 saturated heterocycles. The third-order valence-corrected chi connectivity index (χ3v) is 4.27. The molecule has 4 aromatic rings. The lowest BCUT2D eigenvalue weighted by molar-refractivity contribution is 0.0932. The largest absolute Gasteiger partial charge is 0.341 e. The number of aromatic nitrogens is 5. The van der Waals surface area contributed by atoms with Crippen LogP contribution in [-0.2, 0) is 6.54 Å². The van der Waals surface area contributed by atoms with Crippen molar-refractivity contribution in [1.82, 2.24) is 30.5 Å². The molecule has 8 heteroatoms. The summed E-state index contributed by atoms with van der Waals surface area (Å²) in [6, 6.07) is 14.3. The summed E-state index contributed by atoms with van der Waals surface area (Å²) in [5.74, 6) is 0.607. The topological polar surface area (TPSA) is 98.7 Å². The van der Waals surface area contributed by atoms with Crippen molar-refractivity contribution in [1.29, 1.82) is 0 Å². The third kappa shape index (κ3) is 3.29. The number of carbonyl (C=O) groups excluding carboxylic acids is 1. The highest BCUT2D eigenvalue weighted by Gasteiger charge is 2.18. The lowest BCUT2D eigenvalue weighted by Crippen LogP contribution is -2.26. The Morgan fingerprint density at radius 3 is 2.81 bits per heavy atom. The maximum atomic E-state index is 12.3. The summed E-state index contributed by atoms with van der Waals surface area (Å²) in [7, 11) is 0. The quantitative estimate of drug-likeness (QED) is 0.586. The van der Waals surface area contributed by atoms with E-state index in [0.29, 0.717) is 17.3 Å². The first-order chi connectivity index (χ1) is 13.2. The SMILES string of the molecule is CCn1nnc2ccc(-c3noc(C(C)NC(=O)c4ccccc4)n3)cc21. The molecule has 8 nitrogen and oxygen atoms in total. The predicted molar refractivity (Wildman–Crippen MR) is 98.8 cm³/mol. The molecule has 4 rings (SSSR count). The molecule has 0 aliphatic heterocycles. The van der Waals surface area contributed by atoms with Gasteiger partial charge in [0.15, 0.2) is 0 Å². The lowest BCUT2D eigenvalue weighted by atomic mass is 10.2. The van der Waals surface area contributed by atoms with Gasteiger partial charge in [-0.15, -0.1) is 5.10 Å². The Kier molecular flexibility index (Phi) is 4.37. The summed E-state index contributed by atoms with van der Waals surface area (Å²) in [6.45, 7) is 4.53. The first-order valence-corrected chi connectivity index (χ1v) is 8.69. The van der Waals surface area contributed by atoms with Gasteiger partial charge in [-0.3, -0.25) is 4.79 Å². The zero-order chi connectivity index (χ0) is 18.8. The molecule has 0 spiro atoms. The molecule has 0 bridgehead atoms. The van der Waals surface area contributed by atoms with E-state index in [2.05, 4.69) is 25.8 Å². The molecular formula is C19H18N6O2. The van der Waals surface area contributed by atoms with Crippen LogP contribution in [0.1, 0.15) is 36.1 Å². The van der Waals surface area contributed by atoms with Crippen molar-refractivity contribution in [3.8, 4) is 11.4 Å². The first-order valence-electron chi connectivity index (χ1n) is 8.69. The van der Waals surface area contributed by atoms with Crippen molar-refractivity contribution in [2.45, 2.75) is 26.4 Å². The highest BCUT2D eigenvalue weighted by atomic mass is 16.5. The molecule has 2 heterocycles. The standard InChI is InChI=1S/C19H18N6O2/c1-3-25-16-11-14(9-10-15(16)22-24-25)17-21-19(27-23-17)12(2)20-18(26)13-7-5-4-6-8-13/h4-12H,3H2,1-2H3,(H,20,26). The molecule has 136 valence electrons. The maximum Gasteiger partial charge on any atom is 0.251 e. The summed E-state index contributed by atoms with van der Waals surface area (Å²) in [4.78, 5) is 16.7. The van der Waals surface area contributed by atoms with E-state index in [0.717, 1.165) is 23.1 Å². The predicted octanol–water partition coefficient (Wildman–Crippen LogP) is 2.99. The van der Waals surface area contributed by atoms with Gasteiger partial charge in [-0.05, 0) is 44.2 Å². The molecule has 2 aromatic heterocycles. The van der Waals surface area contributed by atoms with Crippen molar-refractivity contribution in [2.75, 3.05) is 0 Å². The van der Waals surface area contributed by atoms with Crippen molar-refractivity contribution < 1.29 is 9.32 Å². The van der Waals surface area contributed by atoms with Crippen LogP contribution in [0.2, 0.25) is 0 Å². The summed E-state index contributed by atoms with van der Waals surface area (Å²) in [5.41, 5.74) is 3.10. The number of fused-ring (bicyclic) bond motifs is 1. The average Bonchev–Trinajstić information content (AvgIpc) is 3.35. The summed E-state index contributed by atoms with van der Waals surface area (Å²) >= 11 is 0. The summed E-state index contributed by atoms with van der Waals surface area (Å²) in [6.07, 6.45) is 0. The van der Waals surface area contributed by atoms with Crippen LogP contribution >= 0.6 is 0 Å². The average molecular weight is 362 g/mol. The van der Waals surface area contributed by atoms with Crippen LogP contribution < -0.4 is 5.32 Å². The maximum absolute atomic E-state index is 12.3. The zero-order valence-electron chi connectivity index (χ0n) is 15.0. The summed E-state index contributed by atoms with van der Waals surface area (Å²) < 4.78 is 7.16.